The summed E-state index contributed by atoms with van der Waals surface area (Å²) in [5, 5.41) is 1.77. The Morgan fingerprint density at radius 1 is 1.00 bits per heavy atom. The van der Waals surface area contributed by atoms with Gasteiger partial charge in [-0.3, -0.25) is 9.59 Å². The van der Waals surface area contributed by atoms with Crippen molar-refractivity contribution in [1.29, 1.82) is 0 Å². The Balaban J connectivity index is 1.98. The first-order chi connectivity index (χ1) is 12.0. The van der Waals surface area contributed by atoms with Crippen molar-refractivity contribution >= 4 is 28.3 Å². The van der Waals surface area contributed by atoms with E-state index in [0.717, 1.165) is 10.8 Å². The highest BCUT2D eigenvalue weighted by Gasteiger charge is 2.36. The molecule has 124 valence electrons. The average molecular weight is 333 g/mol. The summed E-state index contributed by atoms with van der Waals surface area (Å²) in [5.74, 6) is -1.17. The molecule has 0 fully saturated rings. The number of carbonyl (C=O) groups is 3. The number of benzene rings is 2. The molecule has 0 radical (unpaired) electrons. The second kappa shape index (κ2) is 5.41. The molecule has 0 spiro atoms. The standard InChI is InChI=1S/C20H15NO4/c1-3-25-20(24)17-16-15(10-21(17)2)18(22)13-8-11-6-4-5-7-12(11)9-14(13)19(16)23/h4-10H,3H2,1-2H3. The van der Waals surface area contributed by atoms with Crippen molar-refractivity contribution in [2.75, 3.05) is 6.61 Å². The van der Waals surface area contributed by atoms with E-state index >= 15 is 0 Å². The van der Waals surface area contributed by atoms with Crippen LogP contribution >= 0.6 is 0 Å². The molecule has 0 amide bonds. The molecule has 1 aliphatic carbocycles. The molecule has 0 aliphatic heterocycles. The zero-order valence-corrected chi connectivity index (χ0v) is 13.8. The maximum Gasteiger partial charge on any atom is 0.355 e. The Hall–Kier alpha value is -3.21. The van der Waals surface area contributed by atoms with Crippen LogP contribution in [0.25, 0.3) is 10.8 Å². The van der Waals surface area contributed by atoms with E-state index in [0.29, 0.717) is 11.1 Å². The third-order valence-corrected chi connectivity index (χ3v) is 4.50. The first kappa shape index (κ1) is 15.3. The minimum atomic E-state index is -0.600. The zero-order valence-electron chi connectivity index (χ0n) is 13.8. The molecule has 0 saturated heterocycles. The molecule has 5 nitrogen and oxygen atoms in total. The predicted molar refractivity (Wildman–Crippen MR) is 92.2 cm³/mol. The van der Waals surface area contributed by atoms with Gasteiger partial charge in [0.2, 0.25) is 0 Å². The van der Waals surface area contributed by atoms with Gasteiger partial charge < -0.3 is 9.30 Å². The summed E-state index contributed by atoms with van der Waals surface area (Å²) in [6, 6.07) is 11.0. The topological polar surface area (TPSA) is 65.4 Å². The molecule has 3 aromatic rings. The number of fused-ring (bicyclic) bond motifs is 3. The van der Waals surface area contributed by atoms with E-state index in [4.69, 9.17) is 4.74 Å². The van der Waals surface area contributed by atoms with Crippen molar-refractivity contribution in [3.05, 3.63) is 70.5 Å². The van der Waals surface area contributed by atoms with E-state index in [1.54, 1.807) is 26.1 Å². The molecule has 1 aromatic heterocycles. The maximum atomic E-state index is 13.1. The zero-order chi connectivity index (χ0) is 17.7. The van der Waals surface area contributed by atoms with E-state index in [1.807, 2.05) is 24.3 Å². The average Bonchev–Trinajstić information content (AvgIpc) is 2.96. The van der Waals surface area contributed by atoms with Crippen LogP contribution in [-0.2, 0) is 11.8 Å². The summed E-state index contributed by atoms with van der Waals surface area (Å²) in [4.78, 5) is 38.3. The molecule has 0 N–H and O–H groups in total. The van der Waals surface area contributed by atoms with Crippen LogP contribution in [0.15, 0.2) is 42.6 Å². The molecular formula is C20H15NO4. The lowest BCUT2D eigenvalue weighted by Crippen LogP contribution is -2.22. The lowest BCUT2D eigenvalue weighted by atomic mass is 9.84. The van der Waals surface area contributed by atoms with Crippen LogP contribution in [0, 0.1) is 0 Å². The van der Waals surface area contributed by atoms with Crippen LogP contribution in [-0.4, -0.2) is 28.7 Å². The molecule has 5 heteroatoms. The Morgan fingerprint density at radius 2 is 1.60 bits per heavy atom. The summed E-state index contributed by atoms with van der Waals surface area (Å²) in [5.41, 5.74) is 1.20. The van der Waals surface area contributed by atoms with Gasteiger partial charge in [-0.2, -0.15) is 0 Å². The van der Waals surface area contributed by atoms with Crippen LogP contribution < -0.4 is 0 Å². The third kappa shape index (κ3) is 2.12. The smallest absolute Gasteiger partial charge is 0.355 e. The molecule has 1 heterocycles. The third-order valence-electron chi connectivity index (χ3n) is 4.50. The Morgan fingerprint density at radius 3 is 2.20 bits per heavy atom. The van der Waals surface area contributed by atoms with Gasteiger partial charge in [0, 0.05) is 24.4 Å². The van der Waals surface area contributed by atoms with Gasteiger partial charge in [0.15, 0.2) is 11.6 Å². The van der Waals surface area contributed by atoms with Crippen LogP contribution in [0.3, 0.4) is 0 Å². The number of aromatic nitrogens is 1. The molecule has 1 aliphatic rings. The van der Waals surface area contributed by atoms with Gasteiger partial charge in [0.05, 0.1) is 17.7 Å². The van der Waals surface area contributed by atoms with Crippen molar-refractivity contribution in [3.63, 3.8) is 0 Å². The molecular weight excluding hydrogens is 318 g/mol. The quantitative estimate of drug-likeness (QED) is 0.529. The normalized spacial score (nSPS) is 12.9. The van der Waals surface area contributed by atoms with Crippen molar-refractivity contribution in [2.24, 2.45) is 7.05 Å². The van der Waals surface area contributed by atoms with Crippen LogP contribution in [0.5, 0.6) is 0 Å². The minimum absolute atomic E-state index is 0.119. The van der Waals surface area contributed by atoms with Crippen molar-refractivity contribution < 1.29 is 19.1 Å². The maximum absolute atomic E-state index is 13.1. The van der Waals surface area contributed by atoms with E-state index in [-0.39, 0.29) is 35.0 Å². The van der Waals surface area contributed by atoms with Gasteiger partial charge >= 0.3 is 5.97 Å². The van der Waals surface area contributed by atoms with Gasteiger partial charge in [0.1, 0.15) is 5.69 Å². The van der Waals surface area contributed by atoms with Crippen LogP contribution in [0.2, 0.25) is 0 Å². The second-order valence-electron chi connectivity index (χ2n) is 6.00. The van der Waals surface area contributed by atoms with Crippen molar-refractivity contribution in [3.8, 4) is 0 Å². The number of esters is 1. The van der Waals surface area contributed by atoms with Gasteiger partial charge in [-0.25, -0.2) is 4.79 Å². The number of ketones is 2. The van der Waals surface area contributed by atoms with Crippen molar-refractivity contribution in [1.82, 2.24) is 4.57 Å². The summed E-state index contributed by atoms with van der Waals surface area (Å²) in [6.07, 6.45) is 1.53. The van der Waals surface area contributed by atoms with Crippen molar-refractivity contribution in [2.45, 2.75) is 6.92 Å². The fraction of sp³-hybridized carbons (Fsp3) is 0.150. The van der Waals surface area contributed by atoms with E-state index in [9.17, 15) is 14.4 Å². The highest BCUT2D eigenvalue weighted by Crippen LogP contribution is 2.33. The minimum Gasteiger partial charge on any atom is -0.461 e. The molecule has 25 heavy (non-hydrogen) atoms. The van der Waals surface area contributed by atoms with E-state index in [2.05, 4.69) is 0 Å². The number of hydrogen-bond acceptors (Lipinski definition) is 4. The van der Waals surface area contributed by atoms with Gasteiger partial charge in [-0.15, -0.1) is 0 Å². The number of carbonyl (C=O) groups excluding carboxylic acids is 3. The highest BCUT2D eigenvalue weighted by atomic mass is 16.5. The molecule has 0 bridgehead atoms. The Bertz CT molecular complexity index is 1070. The summed E-state index contributed by atoms with van der Waals surface area (Å²) in [6.45, 7) is 1.89. The number of hydrogen-bond donors (Lipinski definition) is 0. The summed E-state index contributed by atoms with van der Waals surface area (Å²) >= 11 is 0. The van der Waals surface area contributed by atoms with Gasteiger partial charge in [0.25, 0.3) is 0 Å². The fourth-order valence-electron chi connectivity index (χ4n) is 3.37. The lowest BCUT2D eigenvalue weighted by molar-refractivity contribution is 0.0512. The molecule has 0 atom stereocenters. The Labute approximate surface area is 143 Å². The molecule has 0 unspecified atom stereocenters. The number of nitrogens with zero attached hydrogens (tertiary/aromatic N) is 1. The van der Waals surface area contributed by atoms with Crippen LogP contribution in [0.1, 0.15) is 49.3 Å². The SMILES string of the molecule is CCOC(=O)c1c2c(cn1C)C(=O)c1cc3ccccc3cc1C2=O. The van der Waals surface area contributed by atoms with Gasteiger partial charge in [-0.1, -0.05) is 24.3 Å². The number of rotatable bonds is 2. The number of aryl methyl sites for hydroxylation is 1. The van der Waals surface area contributed by atoms with E-state index < -0.39 is 5.97 Å². The largest absolute Gasteiger partial charge is 0.461 e. The summed E-state index contributed by atoms with van der Waals surface area (Å²) < 4.78 is 6.54. The molecule has 4 rings (SSSR count). The van der Waals surface area contributed by atoms with E-state index in [1.165, 1.54) is 10.8 Å². The highest BCUT2D eigenvalue weighted by molar-refractivity contribution is 6.31. The van der Waals surface area contributed by atoms with Gasteiger partial charge in [-0.05, 0) is 29.8 Å². The lowest BCUT2D eigenvalue weighted by Gasteiger charge is -2.16. The van der Waals surface area contributed by atoms with Crippen LogP contribution in [0.4, 0.5) is 0 Å². The monoisotopic (exact) mass is 333 g/mol. The Kier molecular flexibility index (Phi) is 3.32. The number of ether oxygens (including phenoxy) is 1. The first-order valence-corrected chi connectivity index (χ1v) is 8.01. The first-order valence-electron chi connectivity index (χ1n) is 8.01. The molecule has 2 aromatic carbocycles. The predicted octanol–water partition coefficient (Wildman–Crippen LogP) is 3.13. The summed E-state index contributed by atoms with van der Waals surface area (Å²) in [7, 11) is 1.63. The second-order valence-corrected chi connectivity index (χ2v) is 6.00. The fourth-order valence-corrected chi connectivity index (χ4v) is 3.37. The molecule has 0 saturated carbocycles.